The topological polar surface area (TPSA) is 0 Å². The van der Waals surface area contributed by atoms with Crippen LogP contribution in [0.1, 0.15) is 26.7 Å². The summed E-state index contributed by atoms with van der Waals surface area (Å²) >= 11 is 0. The molecule has 0 aliphatic heterocycles. The van der Waals surface area contributed by atoms with Crippen LogP contribution in [0.25, 0.3) is 0 Å². The van der Waals surface area contributed by atoms with Crippen molar-refractivity contribution in [2.45, 2.75) is 26.7 Å². The summed E-state index contributed by atoms with van der Waals surface area (Å²) in [7, 11) is 9.35. The van der Waals surface area contributed by atoms with E-state index in [1.54, 1.807) is 31.4 Å². The van der Waals surface area contributed by atoms with Crippen LogP contribution in [-0.4, -0.2) is 24.0 Å². The molecule has 0 radical (unpaired) electrons. The van der Waals surface area contributed by atoms with Gasteiger partial charge in [-0.25, -0.2) is 0 Å². The molecule has 0 aliphatic rings. The summed E-state index contributed by atoms with van der Waals surface area (Å²) in [6.07, 6.45) is 6.76. The van der Waals surface area contributed by atoms with Crippen LogP contribution in [-0.2, 0) is 0 Å². The first-order chi connectivity index (χ1) is 6.33. The van der Waals surface area contributed by atoms with E-state index in [0.29, 0.717) is 0 Å². The first kappa shape index (κ1) is 17.2. The van der Waals surface area contributed by atoms with E-state index in [2.05, 4.69) is 26.4 Å². The zero-order valence-electron chi connectivity index (χ0n) is 8.87. The second kappa shape index (κ2) is 19.3. The highest BCUT2D eigenvalue weighted by molar-refractivity contribution is 9.09. The summed E-state index contributed by atoms with van der Waals surface area (Å²) in [6.45, 7) is 4.44. The standard InChI is InChI=1S/C6H14S2.C2H6S3/c1-3-5-7-8-6-4-2;1-3-5-4-2/h3-6H2,1-2H3;1-2H3. The van der Waals surface area contributed by atoms with E-state index in [1.807, 2.05) is 21.6 Å². The minimum absolute atomic E-state index is 1.31. The Balaban J connectivity index is 0. The number of hydrogen-bond donors (Lipinski definition) is 0. The summed E-state index contributed by atoms with van der Waals surface area (Å²) in [5.74, 6) is 2.62. The van der Waals surface area contributed by atoms with Gasteiger partial charge in [0.25, 0.3) is 0 Å². The molecule has 0 rings (SSSR count). The molecule has 0 spiro atoms. The Hall–Kier alpha value is 1.75. The first-order valence-electron chi connectivity index (χ1n) is 4.31. The van der Waals surface area contributed by atoms with Crippen molar-refractivity contribution in [1.82, 2.24) is 0 Å². The maximum atomic E-state index is 2.22. The van der Waals surface area contributed by atoms with Gasteiger partial charge in [0.05, 0.1) is 0 Å². The van der Waals surface area contributed by atoms with Gasteiger partial charge in [0.1, 0.15) is 0 Å². The zero-order valence-corrected chi connectivity index (χ0v) is 13.0. The van der Waals surface area contributed by atoms with Crippen molar-refractivity contribution in [2.24, 2.45) is 0 Å². The molecule has 0 amide bonds. The van der Waals surface area contributed by atoms with E-state index >= 15 is 0 Å². The molecule has 0 bridgehead atoms. The highest BCUT2D eigenvalue weighted by Crippen LogP contribution is 2.28. The van der Waals surface area contributed by atoms with Crippen molar-refractivity contribution in [2.75, 3.05) is 24.0 Å². The highest BCUT2D eigenvalue weighted by Gasteiger charge is 1.83. The van der Waals surface area contributed by atoms with Crippen LogP contribution in [0, 0.1) is 0 Å². The van der Waals surface area contributed by atoms with Crippen LogP contribution in [0.2, 0.25) is 0 Å². The maximum Gasteiger partial charge on any atom is 0.00343 e. The smallest absolute Gasteiger partial charge is 0.00343 e. The largest absolute Gasteiger partial charge is 0.0942 e. The molecule has 0 N–H and O–H groups in total. The lowest BCUT2D eigenvalue weighted by molar-refractivity contribution is 1.11. The summed E-state index contributed by atoms with van der Waals surface area (Å²) in [4.78, 5) is 0. The van der Waals surface area contributed by atoms with Gasteiger partial charge in [-0.1, -0.05) is 57.0 Å². The lowest BCUT2D eigenvalue weighted by Gasteiger charge is -1.93. The van der Waals surface area contributed by atoms with Crippen LogP contribution in [0.3, 0.4) is 0 Å². The molecule has 82 valence electrons. The molecule has 0 saturated carbocycles. The van der Waals surface area contributed by atoms with E-state index in [9.17, 15) is 0 Å². The van der Waals surface area contributed by atoms with Crippen LogP contribution < -0.4 is 0 Å². The summed E-state index contributed by atoms with van der Waals surface area (Å²) < 4.78 is 0. The molecule has 0 heterocycles. The number of hydrogen-bond acceptors (Lipinski definition) is 5. The van der Waals surface area contributed by atoms with Gasteiger partial charge in [0.15, 0.2) is 0 Å². The Morgan fingerprint density at radius 3 is 1.31 bits per heavy atom. The van der Waals surface area contributed by atoms with Crippen LogP contribution in [0.4, 0.5) is 0 Å². The van der Waals surface area contributed by atoms with Gasteiger partial charge < -0.3 is 0 Å². The summed E-state index contributed by atoms with van der Waals surface area (Å²) in [5, 5.41) is 0. The Kier molecular flexibility index (Phi) is 25.5. The van der Waals surface area contributed by atoms with Crippen molar-refractivity contribution >= 4 is 53.0 Å². The highest BCUT2D eigenvalue weighted by atomic mass is 33.5. The molecule has 0 aliphatic carbocycles. The van der Waals surface area contributed by atoms with Gasteiger partial charge in [-0.05, 0) is 35.2 Å². The van der Waals surface area contributed by atoms with E-state index in [0.717, 1.165) is 0 Å². The van der Waals surface area contributed by atoms with Crippen LogP contribution in [0.5, 0.6) is 0 Å². The fourth-order valence-electron chi connectivity index (χ4n) is 0.353. The van der Waals surface area contributed by atoms with Crippen molar-refractivity contribution in [3.8, 4) is 0 Å². The average Bonchev–Trinajstić information content (AvgIpc) is 2.15. The van der Waals surface area contributed by atoms with Gasteiger partial charge in [0.2, 0.25) is 0 Å². The van der Waals surface area contributed by atoms with Crippen molar-refractivity contribution in [3.05, 3.63) is 0 Å². The number of rotatable bonds is 7. The minimum atomic E-state index is 1.31. The fraction of sp³-hybridized carbons (Fsp3) is 1.00. The third-order valence-electron chi connectivity index (χ3n) is 0.794. The first-order valence-corrected chi connectivity index (χ1v) is 11.1. The van der Waals surface area contributed by atoms with Crippen molar-refractivity contribution in [3.63, 3.8) is 0 Å². The molecule has 0 aromatic heterocycles. The molecule has 0 atom stereocenters. The van der Waals surface area contributed by atoms with Crippen LogP contribution in [0.15, 0.2) is 0 Å². The molecule has 13 heavy (non-hydrogen) atoms. The Morgan fingerprint density at radius 2 is 1.15 bits per heavy atom. The van der Waals surface area contributed by atoms with Crippen LogP contribution >= 0.6 is 53.0 Å². The maximum absolute atomic E-state index is 2.22. The minimum Gasteiger partial charge on any atom is -0.0942 e. The van der Waals surface area contributed by atoms with Gasteiger partial charge in [-0.3, -0.25) is 0 Å². The van der Waals surface area contributed by atoms with E-state index in [-0.39, 0.29) is 0 Å². The monoisotopic (exact) mass is 276 g/mol. The van der Waals surface area contributed by atoms with Crippen molar-refractivity contribution < 1.29 is 0 Å². The normalized spacial score (nSPS) is 9.23. The molecule has 0 aromatic rings. The second-order valence-corrected chi connectivity index (χ2v) is 9.18. The zero-order chi connectivity index (χ0) is 10.4. The molecular weight excluding hydrogens is 256 g/mol. The lowest BCUT2D eigenvalue weighted by Crippen LogP contribution is -1.70. The van der Waals surface area contributed by atoms with E-state index in [1.165, 1.54) is 24.3 Å². The average molecular weight is 277 g/mol. The molecule has 5 heteroatoms. The third kappa shape index (κ3) is 24.8. The van der Waals surface area contributed by atoms with Crippen molar-refractivity contribution in [1.29, 1.82) is 0 Å². The van der Waals surface area contributed by atoms with E-state index < -0.39 is 0 Å². The van der Waals surface area contributed by atoms with E-state index in [4.69, 9.17) is 0 Å². The molecule has 0 saturated heterocycles. The lowest BCUT2D eigenvalue weighted by atomic mass is 10.6. The quantitative estimate of drug-likeness (QED) is 0.446. The van der Waals surface area contributed by atoms with Gasteiger partial charge >= 0.3 is 0 Å². The third-order valence-corrected chi connectivity index (χ3v) is 7.15. The Morgan fingerprint density at radius 1 is 0.769 bits per heavy atom. The molecule has 0 nitrogen and oxygen atoms in total. The molecule has 0 fully saturated rings. The molecule has 0 unspecified atom stereocenters. The predicted molar refractivity (Wildman–Crippen MR) is 80.1 cm³/mol. The summed E-state index contributed by atoms with van der Waals surface area (Å²) in [6, 6.07) is 0. The fourth-order valence-corrected chi connectivity index (χ4v) is 4.40. The van der Waals surface area contributed by atoms with Gasteiger partial charge in [0, 0.05) is 11.5 Å². The Labute approximate surface area is 103 Å². The SMILES string of the molecule is CCCSSCCC.CSSSC. The van der Waals surface area contributed by atoms with Gasteiger partial charge in [-0.15, -0.1) is 0 Å². The predicted octanol–water partition coefficient (Wildman–Crippen LogP) is 5.46. The Bertz CT molecular complexity index is 61.6. The van der Waals surface area contributed by atoms with Gasteiger partial charge in [-0.2, -0.15) is 0 Å². The molecule has 0 aromatic carbocycles. The second-order valence-electron chi connectivity index (χ2n) is 2.05. The molecular formula is C8H20S5. The summed E-state index contributed by atoms with van der Waals surface area (Å²) in [5.41, 5.74) is 0.